The Morgan fingerprint density at radius 1 is 1.25 bits per heavy atom. The first kappa shape index (κ1) is 10.3. The Labute approximate surface area is 109 Å². The van der Waals surface area contributed by atoms with E-state index in [2.05, 4.69) is 26.1 Å². The van der Waals surface area contributed by atoms with Crippen LogP contribution in [0.4, 0.5) is 0 Å². The van der Waals surface area contributed by atoms with Crippen LogP contribution < -0.4 is 0 Å². The van der Waals surface area contributed by atoms with Crippen molar-refractivity contribution in [1.82, 2.24) is 14.6 Å². The average Bonchev–Trinajstić information content (AvgIpc) is 2.83. The van der Waals surface area contributed by atoms with Crippen molar-refractivity contribution in [2.45, 2.75) is 0 Å². The van der Waals surface area contributed by atoms with Crippen molar-refractivity contribution in [3.8, 4) is 10.7 Å². The van der Waals surface area contributed by atoms with Gasteiger partial charge >= 0.3 is 0 Å². The molecule has 80 valence electrons. The number of rotatable bonds is 1. The summed E-state index contributed by atoms with van der Waals surface area (Å²) in [5.74, 6) is 0.836. The van der Waals surface area contributed by atoms with Crippen LogP contribution in [0.1, 0.15) is 0 Å². The van der Waals surface area contributed by atoms with E-state index < -0.39 is 0 Å². The maximum Gasteiger partial charge on any atom is 0.178 e. The Balaban J connectivity index is 2.25. The van der Waals surface area contributed by atoms with Crippen molar-refractivity contribution in [3.05, 3.63) is 39.3 Å². The summed E-state index contributed by atoms with van der Waals surface area (Å²) in [5.41, 5.74) is 0.757. The molecule has 0 amide bonds. The van der Waals surface area contributed by atoms with E-state index in [1.807, 2.05) is 28.8 Å². The lowest BCUT2D eigenvalue weighted by atomic mass is 10.4. The first-order chi connectivity index (χ1) is 7.74. The molecule has 0 aliphatic carbocycles. The summed E-state index contributed by atoms with van der Waals surface area (Å²) >= 11 is 11.0. The fourth-order valence-electron chi connectivity index (χ4n) is 1.47. The van der Waals surface area contributed by atoms with Crippen molar-refractivity contribution in [2.75, 3.05) is 0 Å². The Kier molecular flexibility index (Phi) is 2.46. The van der Waals surface area contributed by atoms with E-state index in [-0.39, 0.29) is 0 Å². The standard InChI is InChI=1S/C10H5BrClN3S/c11-8-2-1-7(16-8)10-14-13-9-5-6(12)3-4-15(9)10/h1-5H. The van der Waals surface area contributed by atoms with Gasteiger partial charge in [-0.05, 0) is 34.1 Å². The second-order valence-corrected chi connectivity index (χ2v) is 6.10. The van der Waals surface area contributed by atoms with Gasteiger partial charge in [-0.3, -0.25) is 4.40 Å². The van der Waals surface area contributed by atoms with Crippen LogP contribution in [0.3, 0.4) is 0 Å². The van der Waals surface area contributed by atoms with E-state index in [1.165, 1.54) is 0 Å². The minimum absolute atomic E-state index is 0.666. The molecule has 0 radical (unpaired) electrons. The molecule has 16 heavy (non-hydrogen) atoms. The Bertz CT molecular complexity index is 661. The minimum atomic E-state index is 0.666. The summed E-state index contributed by atoms with van der Waals surface area (Å²) in [6, 6.07) is 7.63. The predicted molar refractivity (Wildman–Crippen MR) is 69.0 cm³/mol. The summed E-state index contributed by atoms with van der Waals surface area (Å²) in [7, 11) is 0. The molecule has 0 aliphatic heterocycles. The molecule has 0 N–H and O–H groups in total. The van der Waals surface area contributed by atoms with Gasteiger partial charge in [0.05, 0.1) is 8.66 Å². The normalized spacial score (nSPS) is 11.1. The molecule has 0 aromatic carbocycles. The molecule has 3 rings (SSSR count). The van der Waals surface area contributed by atoms with Crippen LogP contribution in [0.2, 0.25) is 5.02 Å². The van der Waals surface area contributed by atoms with Gasteiger partial charge in [-0.1, -0.05) is 11.6 Å². The van der Waals surface area contributed by atoms with E-state index >= 15 is 0 Å². The molecule has 0 spiro atoms. The van der Waals surface area contributed by atoms with Crippen LogP contribution in [0.15, 0.2) is 34.2 Å². The third kappa shape index (κ3) is 1.65. The van der Waals surface area contributed by atoms with E-state index in [0.29, 0.717) is 5.02 Å². The zero-order valence-electron chi connectivity index (χ0n) is 7.89. The molecule has 3 nitrogen and oxygen atoms in total. The fourth-order valence-corrected chi connectivity index (χ4v) is 2.99. The highest BCUT2D eigenvalue weighted by atomic mass is 79.9. The lowest BCUT2D eigenvalue weighted by Gasteiger charge is -1.96. The number of hydrogen-bond donors (Lipinski definition) is 0. The van der Waals surface area contributed by atoms with Crippen LogP contribution in [-0.4, -0.2) is 14.6 Å². The summed E-state index contributed by atoms with van der Waals surface area (Å²) < 4.78 is 3.00. The van der Waals surface area contributed by atoms with Gasteiger partial charge in [0, 0.05) is 17.3 Å². The van der Waals surface area contributed by atoms with Crippen molar-refractivity contribution in [3.63, 3.8) is 0 Å². The van der Waals surface area contributed by atoms with Gasteiger partial charge in [-0.15, -0.1) is 21.5 Å². The second-order valence-electron chi connectivity index (χ2n) is 3.20. The van der Waals surface area contributed by atoms with Gasteiger partial charge in [0.2, 0.25) is 0 Å². The van der Waals surface area contributed by atoms with Crippen LogP contribution in [0.25, 0.3) is 16.3 Å². The molecule has 0 aliphatic rings. The van der Waals surface area contributed by atoms with Gasteiger partial charge in [-0.25, -0.2) is 0 Å². The van der Waals surface area contributed by atoms with E-state index in [0.717, 1.165) is 20.1 Å². The van der Waals surface area contributed by atoms with Crippen LogP contribution in [0, 0.1) is 0 Å². The minimum Gasteiger partial charge on any atom is -0.282 e. The second kappa shape index (κ2) is 3.84. The number of aromatic nitrogens is 3. The quantitative estimate of drug-likeness (QED) is 0.682. The van der Waals surface area contributed by atoms with Gasteiger partial charge in [0.25, 0.3) is 0 Å². The van der Waals surface area contributed by atoms with Crippen LogP contribution in [0.5, 0.6) is 0 Å². The monoisotopic (exact) mass is 313 g/mol. The van der Waals surface area contributed by atoms with Gasteiger partial charge in [0.15, 0.2) is 11.5 Å². The SMILES string of the molecule is Clc1ccn2c(-c3ccc(Br)s3)nnc2c1. The maximum absolute atomic E-state index is 5.89. The molecule has 0 bridgehead atoms. The number of fused-ring (bicyclic) bond motifs is 1. The van der Waals surface area contributed by atoms with Crippen LogP contribution in [-0.2, 0) is 0 Å². The molecular weight excluding hydrogens is 310 g/mol. The van der Waals surface area contributed by atoms with Crippen LogP contribution >= 0.6 is 38.9 Å². The highest BCUT2D eigenvalue weighted by Gasteiger charge is 2.09. The molecule has 0 fully saturated rings. The van der Waals surface area contributed by atoms with Gasteiger partial charge < -0.3 is 0 Å². The molecule has 3 aromatic heterocycles. The lowest BCUT2D eigenvalue weighted by Crippen LogP contribution is -1.86. The molecule has 0 unspecified atom stereocenters. The molecule has 3 aromatic rings. The Hall–Kier alpha value is -0.910. The lowest BCUT2D eigenvalue weighted by molar-refractivity contribution is 1.12. The highest BCUT2D eigenvalue weighted by Crippen LogP contribution is 2.30. The third-order valence-electron chi connectivity index (χ3n) is 2.17. The molecule has 0 saturated heterocycles. The average molecular weight is 315 g/mol. The number of halogens is 2. The zero-order valence-corrected chi connectivity index (χ0v) is 11.1. The first-order valence-electron chi connectivity index (χ1n) is 4.50. The maximum atomic E-state index is 5.89. The summed E-state index contributed by atoms with van der Waals surface area (Å²) in [5, 5.41) is 8.91. The Morgan fingerprint density at radius 2 is 2.12 bits per heavy atom. The number of nitrogens with zero attached hydrogens (tertiary/aromatic N) is 3. The smallest absolute Gasteiger partial charge is 0.178 e. The molecule has 0 saturated carbocycles. The number of thiophene rings is 1. The van der Waals surface area contributed by atoms with E-state index in [4.69, 9.17) is 11.6 Å². The summed E-state index contributed by atoms with van der Waals surface area (Å²) in [6.45, 7) is 0. The molecular formula is C10H5BrClN3S. The van der Waals surface area contributed by atoms with E-state index in [1.54, 1.807) is 17.4 Å². The van der Waals surface area contributed by atoms with Gasteiger partial charge in [-0.2, -0.15) is 0 Å². The van der Waals surface area contributed by atoms with Gasteiger partial charge in [0.1, 0.15) is 0 Å². The predicted octanol–water partition coefficient (Wildman–Crippen LogP) is 3.87. The molecule has 6 heteroatoms. The fraction of sp³-hybridized carbons (Fsp3) is 0. The van der Waals surface area contributed by atoms with Crippen molar-refractivity contribution < 1.29 is 0 Å². The molecule has 0 atom stereocenters. The third-order valence-corrected chi connectivity index (χ3v) is 4.02. The van der Waals surface area contributed by atoms with E-state index in [9.17, 15) is 0 Å². The first-order valence-corrected chi connectivity index (χ1v) is 6.49. The number of hydrogen-bond acceptors (Lipinski definition) is 3. The molecule has 3 heterocycles. The summed E-state index contributed by atoms with van der Waals surface area (Å²) in [4.78, 5) is 1.07. The Morgan fingerprint density at radius 3 is 2.88 bits per heavy atom. The highest BCUT2D eigenvalue weighted by molar-refractivity contribution is 9.11. The number of pyridine rings is 1. The zero-order chi connectivity index (χ0) is 11.1. The summed E-state index contributed by atoms with van der Waals surface area (Å²) in [6.07, 6.45) is 1.88. The largest absolute Gasteiger partial charge is 0.282 e. The van der Waals surface area contributed by atoms with Crippen molar-refractivity contribution >= 4 is 44.5 Å². The van der Waals surface area contributed by atoms with Crippen molar-refractivity contribution in [2.24, 2.45) is 0 Å². The topological polar surface area (TPSA) is 30.2 Å². The van der Waals surface area contributed by atoms with Crippen molar-refractivity contribution in [1.29, 1.82) is 0 Å².